The van der Waals surface area contributed by atoms with E-state index >= 15 is 0 Å². The van der Waals surface area contributed by atoms with Gasteiger partial charge in [0.15, 0.2) is 0 Å². The Bertz CT molecular complexity index is 1100. The molecule has 1 saturated heterocycles. The van der Waals surface area contributed by atoms with E-state index in [0.717, 1.165) is 22.3 Å². The van der Waals surface area contributed by atoms with E-state index in [9.17, 15) is 14.4 Å². The summed E-state index contributed by atoms with van der Waals surface area (Å²) < 4.78 is 0. The largest absolute Gasteiger partial charge is 0.363 e. The number of carbonyl (C=O) groups excluding carboxylic acids is 3. The predicted molar refractivity (Wildman–Crippen MR) is 107 cm³/mol. The van der Waals surface area contributed by atoms with E-state index in [0.29, 0.717) is 10.6 Å². The van der Waals surface area contributed by atoms with Gasteiger partial charge in [-0.15, -0.1) is 5.06 Å². The van der Waals surface area contributed by atoms with Crippen LogP contribution in [-0.2, 0) is 14.4 Å². The van der Waals surface area contributed by atoms with Gasteiger partial charge in [-0.25, -0.2) is 4.79 Å². The predicted octanol–water partition coefficient (Wildman–Crippen LogP) is 3.65. The standard InChI is InChI=1S/C25H17NO4/c27-23-21-19-15-10-4-5-11-16(15)20(18-13-7-6-12-17(18)19)22(21)24(28)26(23)30-25(29)14-8-2-1-3-9-14/h1-13,19-22H/t19?,20?,21-,22-/m0/s1. The van der Waals surface area contributed by atoms with Gasteiger partial charge >= 0.3 is 5.97 Å². The van der Waals surface area contributed by atoms with Gasteiger partial charge in [-0.3, -0.25) is 9.59 Å². The van der Waals surface area contributed by atoms with E-state index in [-0.39, 0.29) is 11.8 Å². The fraction of sp³-hybridized carbons (Fsp3) is 0.160. The van der Waals surface area contributed by atoms with E-state index in [2.05, 4.69) is 0 Å². The maximum atomic E-state index is 13.4. The summed E-state index contributed by atoms with van der Waals surface area (Å²) in [7, 11) is 0. The zero-order valence-electron chi connectivity index (χ0n) is 15.9. The Hall–Kier alpha value is -3.73. The number of hydrogen-bond acceptors (Lipinski definition) is 4. The lowest BCUT2D eigenvalue weighted by Crippen LogP contribution is -2.41. The summed E-state index contributed by atoms with van der Waals surface area (Å²) in [5.41, 5.74) is 4.63. The summed E-state index contributed by atoms with van der Waals surface area (Å²) in [5, 5.41) is 0.711. The molecular formula is C25H17NO4. The van der Waals surface area contributed by atoms with Crippen molar-refractivity contribution in [2.45, 2.75) is 11.8 Å². The van der Waals surface area contributed by atoms with Gasteiger partial charge in [-0.2, -0.15) is 0 Å². The van der Waals surface area contributed by atoms with Crippen LogP contribution in [0, 0.1) is 11.8 Å². The first-order valence-electron chi connectivity index (χ1n) is 9.99. The van der Waals surface area contributed by atoms with Gasteiger partial charge in [0.05, 0.1) is 17.4 Å². The van der Waals surface area contributed by atoms with Crippen LogP contribution < -0.4 is 0 Å². The van der Waals surface area contributed by atoms with E-state index in [1.54, 1.807) is 30.3 Å². The van der Waals surface area contributed by atoms with Crippen LogP contribution in [0.2, 0.25) is 0 Å². The summed E-state index contributed by atoms with van der Waals surface area (Å²) in [4.78, 5) is 44.6. The molecule has 0 saturated carbocycles. The smallest absolute Gasteiger partial charge is 0.325 e. The summed E-state index contributed by atoms with van der Waals surface area (Å²) in [6.45, 7) is 0. The van der Waals surface area contributed by atoms with Gasteiger partial charge in [-0.05, 0) is 34.4 Å². The molecule has 0 radical (unpaired) electrons. The molecule has 1 heterocycles. The van der Waals surface area contributed by atoms with Crippen LogP contribution in [0.15, 0.2) is 78.9 Å². The maximum Gasteiger partial charge on any atom is 0.363 e. The van der Waals surface area contributed by atoms with Crippen LogP contribution >= 0.6 is 0 Å². The molecule has 3 aromatic rings. The molecule has 1 fully saturated rings. The van der Waals surface area contributed by atoms with E-state index in [1.807, 2.05) is 48.5 Å². The SMILES string of the molecule is O=C(ON1C(=O)[C@H]2C3c4ccccc4C(c4ccccc43)[C@@H]2C1=O)c1ccccc1. The zero-order valence-corrected chi connectivity index (χ0v) is 15.9. The van der Waals surface area contributed by atoms with Crippen LogP contribution in [0.5, 0.6) is 0 Å². The highest BCUT2D eigenvalue weighted by atomic mass is 16.7. The lowest BCUT2D eigenvalue weighted by molar-refractivity contribution is -0.174. The summed E-state index contributed by atoms with van der Waals surface area (Å²) in [6, 6.07) is 24.4. The average molecular weight is 395 g/mol. The zero-order chi connectivity index (χ0) is 20.4. The van der Waals surface area contributed by atoms with Crippen molar-refractivity contribution in [3.05, 3.63) is 107 Å². The van der Waals surface area contributed by atoms with Crippen molar-refractivity contribution >= 4 is 17.8 Å². The lowest BCUT2D eigenvalue weighted by atomic mass is 9.55. The van der Waals surface area contributed by atoms with Crippen LogP contribution in [0.3, 0.4) is 0 Å². The molecule has 3 aliphatic carbocycles. The topological polar surface area (TPSA) is 63.7 Å². The number of imide groups is 1. The fourth-order valence-corrected chi connectivity index (χ4v) is 5.45. The molecule has 0 N–H and O–H groups in total. The molecule has 4 aliphatic rings. The molecule has 2 bridgehead atoms. The number of nitrogens with zero attached hydrogens (tertiary/aromatic N) is 1. The summed E-state index contributed by atoms with van der Waals surface area (Å²) >= 11 is 0. The third kappa shape index (κ3) is 2.15. The molecule has 146 valence electrons. The molecule has 2 amide bonds. The second kappa shape index (κ2) is 6.13. The Labute approximate surface area is 172 Å². The molecule has 7 rings (SSSR count). The van der Waals surface area contributed by atoms with Gasteiger partial charge in [0.25, 0.3) is 11.8 Å². The lowest BCUT2D eigenvalue weighted by Gasteiger charge is -2.45. The number of hydroxylamine groups is 2. The van der Waals surface area contributed by atoms with Gasteiger partial charge in [0.2, 0.25) is 0 Å². The molecule has 3 aromatic carbocycles. The highest BCUT2D eigenvalue weighted by Crippen LogP contribution is 2.60. The number of rotatable bonds is 2. The normalized spacial score (nSPS) is 25.5. The Morgan fingerprint density at radius 3 is 1.47 bits per heavy atom. The third-order valence-electron chi connectivity index (χ3n) is 6.59. The number of carbonyl (C=O) groups is 3. The minimum atomic E-state index is -0.710. The molecule has 0 spiro atoms. The number of benzene rings is 3. The van der Waals surface area contributed by atoms with Crippen molar-refractivity contribution in [2.24, 2.45) is 11.8 Å². The molecule has 0 aromatic heterocycles. The third-order valence-corrected chi connectivity index (χ3v) is 6.59. The monoisotopic (exact) mass is 395 g/mol. The quantitative estimate of drug-likeness (QED) is 0.622. The van der Waals surface area contributed by atoms with E-state index in [4.69, 9.17) is 4.84 Å². The Morgan fingerprint density at radius 2 is 1.03 bits per heavy atom. The van der Waals surface area contributed by atoms with E-state index < -0.39 is 29.6 Å². The maximum absolute atomic E-state index is 13.4. The Morgan fingerprint density at radius 1 is 0.633 bits per heavy atom. The minimum Gasteiger partial charge on any atom is -0.325 e. The van der Waals surface area contributed by atoms with Crippen molar-refractivity contribution in [1.29, 1.82) is 0 Å². The molecule has 2 atom stereocenters. The first kappa shape index (κ1) is 17.2. The van der Waals surface area contributed by atoms with Crippen LogP contribution in [0.1, 0.15) is 44.4 Å². The number of hydrogen-bond donors (Lipinski definition) is 0. The first-order valence-corrected chi connectivity index (χ1v) is 9.99. The van der Waals surface area contributed by atoms with Crippen molar-refractivity contribution in [3.63, 3.8) is 0 Å². The van der Waals surface area contributed by atoms with Crippen molar-refractivity contribution < 1.29 is 19.2 Å². The van der Waals surface area contributed by atoms with Gasteiger partial charge in [0, 0.05) is 11.8 Å². The second-order valence-electron chi connectivity index (χ2n) is 7.98. The van der Waals surface area contributed by atoms with Crippen molar-refractivity contribution in [1.82, 2.24) is 5.06 Å². The fourth-order valence-electron chi connectivity index (χ4n) is 5.45. The highest BCUT2D eigenvalue weighted by molar-refractivity contribution is 6.08. The highest BCUT2D eigenvalue weighted by Gasteiger charge is 2.62. The van der Waals surface area contributed by atoms with Crippen molar-refractivity contribution in [3.8, 4) is 0 Å². The molecule has 1 aliphatic heterocycles. The van der Waals surface area contributed by atoms with Crippen LogP contribution in [0.25, 0.3) is 0 Å². The molecule has 0 unspecified atom stereocenters. The Balaban J connectivity index is 1.44. The first-order chi connectivity index (χ1) is 14.7. The second-order valence-corrected chi connectivity index (χ2v) is 7.98. The van der Waals surface area contributed by atoms with E-state index in [1.165, 1.54) is 0 Å². The molecule has 5 heteroatoms. The summed E-state index contributed by atoms with van der Waals surface area (Å²) in [5.74, 6) is -3.14. The molecule has 5 nitrogen and oxygen atoms in total. The van der Waals surface area contributed by atoms with Gasteiger partial charge in [-0.1, -0.05) is 66.7 Å². The molecule has 30 heavy (non-hydrogen) atoms. The molecular weight excluding hydrogens is 378 g/mol. The van der Waals surface area contributed by atoms with Crippen molar-refractivity contribution in [2.75, 3.05) is 0 Å². The minimum absolute atomic E-state index is 0.218. The summed E-state index contributed by atoms with van der Waals surface area (Å²) in [6.07, 6.45) is 0. The van der Waals surface area contributed by atoms with Gasteiger partial charge in [0.1, 0.15) is 0 Å². The van der Waals surface area contributed by atoms with Crippen LogP contribution in [-0.4, -0.2) is 22.8 Å². The van der Waals surface area contributed by atoms with Crippen LogP contribution in [0.4, 0.5) is 0 Å². The average Bonchev–Trinajstić information content (AvgIpc) is 3.05. The number of amides is 2. The van der Waals surface area contributed by atoms with Gasteiger partial charge < -0.3 is 4.84 Å². The Kier molecular flexibility index (Phi) is 3.51.